The van der Waals surface area contributed by atoms with Crippen molar-refractivity contribution in [3.05, 3.63) is 47.7 Å². The summed E-state index contributed by atoms with van der Waals surface area (Å²) in [5.74, 6) is 1.30. The van der Waals surface area contributed by atoms with Gasteiger partial charge >= 0.3 is 0 Å². The predicted octanol–water partition coefficient (Wildman–Crippen LogP) is 4.26. The first-order valence-electron chi connectivity index (χ1n) is 5.34. The number of rotatable bonds is 4. The molecule has 0 bridgehead atoms. The fraction of sp³-hybridized carbons (Fsp3) is 0.267. The van der Waals surface area contributed by atoms with Crippen LogP contribution in [-0.4, -0.2) is 7.11 Å². The highest BCUT2D eigenvalue weighted by Crippen LogP contribution is 2.30. The molecule has 0 aliphatic heterocycles. The quantitative estimate of drug-likeness (QED) is 0.680. The highest BCUT2D eigenvalue weighted by atomic mass is 16.5. The molecule has 0 aliphatic rings. The van der Waals surface area contributed by atoms with Crippen molar-refractivity contribution in [1.29, 1.82) is 0 Å². The van der Waals surface area contributed by atoms with Gasteiger partial charge in [0.1, 0.15) is 5.75 Å². The van der Waals surface area contributed by atoms with Crippen LogP contribution in [0.15, 0.2) is 31.0 Å². The molecule has 0 aliphatic carbocycles. The Morgan fingerprint density at radius 2 is 1.94 bits per heavy atom. The van der Waals surface area contributed by atoms with E-state index in [1.54, 1.807) is 7.11 Å². The van der Waals surface area contributed by atoms with Crippen LogP contribution < -0.4 is 4.74 Å². The van der Waals surface area contributed by atoms with Gasteiger partial charge in [0.2, 0.25) is 0 Å². The van der Waals surface area contributed by atoms with Crippen LogP contribution in [0.1, 0.15) is 36.5 Å². The molecule has 1 rings (SSSR count). The Morgan fingerprint density at radius 3 is 2.38 bits per heavy atom. The predicted molar refractivity (Wildman–Crippen MR) is 70.8 cm³/mol. The molecule has 1 aromatic carbocycles. The zero-order valence-electron chi connectivity index (χ0n) is 10.2. The van der Waals surface area contributed by atoms with Crippen molar-refractivity contribution in [2.45, 2.75) is 19.8 Å². The standard InChI is InChI=1S/C15H18O/c1-6-8-13-10-14(11(3)4)9-12(7-2)15(13)16-5/h7-11H,1-2H2,3-5H3. The lowest BCUT2D eigenvalue weighted by Crippen LogP contribution is -1.95. The second-order valence-electron chi connectivity index (χ2n) is 3.94. The van der Waals surface area contributed by atoms with Crippen molar-refractivity contribution in [3.63, 3.8) is 0 Å². The number of benzene rings is 1. The summed E-state index contributed by atoms with van der Waals surface area (Å²) in [6, 6.07) is 4.21. The third-order valence-electron chi connectivity index (χ3n) is 2.52. The van der Waals surface area contributed by atoms with E-state index >= 15 is 0 Å². The van der Waals surface area contributed by atoms with Crippen LogP contribution >= 0.6 is 0 Å². The molecule has 0 saturated carbocycles. The monoisotopic (exact) mass is 214 g/mol. The van der Waals surface area contributed by atoms with Crippen LogP contribution in [-0.2, 0) is 0 Å². The Kier molecular flexibility index (Phi) is 4.16. The van der Waals surface area contributed by atoms with Crippen LogP contribution in [0, 0.1) is 0 Å². The molecule has 0 amide bonds. The summed E-state index contributed by atoms with van der Waals surface area (Å²) < 4.78 is 5.38. The van der Waals surface area contributed by atoms with E-state index in [0.29, 0.717) is 5.92 Å². The van der Waals surface area contributed by atoms with Crippen LogP contribution in [0.25, 0.3) is 12.2 Å². The highest BCUT2D eigenvalue weighted by molar-refractivity contribution is 5.68. The van der Waals surface area contributed by atoms with Crippen molar-refractivity contribution in [3.8, 4) is 5.75 Å². The summed E-state index contributed by atoms with van der Waals surface area (Å²) in [5.41, 5.74) is 6.06. The first-order valence-corrected chi connectivity index (χ1v) is 5.34. The van der Waals surface area contributed by atoms with E-state index in [9.17, 15) is 0 Å². The zero-order chi connectivity index (χ0) is 12.1. The number of ether oxygens (including phenoxy) is 1. The molecule has 0 heterocycles. The fourth-order valence-electron chi connectivity index (χ4n) is 1.64. The normalized spacial score (nSPS) is 9.75. The second-order valence-corrected chi connectivity index (χ2v) is 3.94. The minimum atomic E-state index is 0.474. The van der Waals surface area contributed by atoms with Gasteiger partial charge in [-0.3, -0.25) is 0 Å². The van der Waals surface area contributed by atoms with Crippen molar-refractivity contribution in [1.82, 2.24) is 0 Å². The van der Waals surface area contributed by atoms with Crippen molar-refractivity contribution in [2.75, 3.05) is 7.11 Å². The molecule has 0 atom stereocenters. The van der Waals surface area contributed by atoms with Gasteiger partial charge in [-0.2, -0.15) is 0 Å². The topological polar surface area (TPSA) is 9.23 Å². The van der Waals surface area contributed by atoms with Crippen LogP contribution in [0.5, 0.6) is 5.75 Å². The van der Waals surface area contributed by atoms with Gasteiger partial charge < -0.3 is 4.74 Å². The van der Waals surface area contributed by atoms with Gasteiger partial charge in [-0.05, 0) is 29.7 Å². The van der Waals surface area contributed by atoms with Gasteiger partial charge in [0.25, 0.3) is 0 Å². The lowest BCUT2D eigenvalue weighted by atomic mass is 9.96. The van der Waals surface area contributed by atoms with E-state index in [1.807, 2.05) is 12.2 Å². The highest BCUT2D eigenvalue weighted by Gasteiger charge is 2.09. The Hall–Kier alpha value is -1.72. The molecule has 0 spiro atoms. The average Bonchev–Trinajstić information content (AvgIpc) is 2.28. The molecule has 84 valence electrons. The van der Waals surface area contributed by atoms with Crippen molar-refractivity contribution in [2.24, 2.45) is 0 Å². The van der Waals surface area contributed by atoms with Crippen molar-refractivity contribution >= 4 is 12.2 Å². The molecule has 0 unspecified atom stereocenters. The number of hydrogen-bond donors (Lipinski definition) is 0. The van der Waals surface area contributed by atoms with Gasteiger partial charge in [-0.25, -0.2) is 0 Å². The van der Waals surface area contributed by atoms with E-state index < -0.39 is 0 Å². The molecule has 0 aromatic heterocycles. The van der Waals surface area contributed by atoms with E-state index in [2.05, 4.69) is 44.9 Å². The maximum absolute atomic E-state index is 5.38. The minimum Gasteiger partial charge on any atom is -0.495 e. The average molecular weight is 214 g/mol. The molecule has 1 heteroatoms. The Morgan fingerprint density at radius 1 is 1.31 bits per heavy atom. The molecule has 0 fully saturated rings. The first-order chi connectivity index (χ1) is 7.63. The van der Waals surface area contributed by atoms with Crippen LogP contribution in [0.4, 0.5) is 0 Å². The first kappa shape index (κ1) is 12.4. The van der Waals surface area contributed by atoms with E-state index in [-0.39, 0.29) is 0 Å². The molecule has 0 radical (unpaired) electrons. The zero-order valence-corrected chi connectivity index (χ0v) is 10.2. The SMILES string of the molecule is C=C=Cc1cc(C(C)C)cc(C=C)c1OC. The molecule has 1 aromatic rings. The fourth-order valence-corrected chi connectivity index (χ4v) is 1.64. The third kappa shape index (κ3) is 2.44. The number of methoxy groups -OCH3 is 1. The lowest BCUT2D eigenvalue weighted by Gasteiger charge is -2.13. The van der Waals surface area contributed by atoms with Gasteiger partial charge in [-0.1, -0.05) is 33.1 Å². The van der Waals surface area contributed by atoms with Crippen LogP contribution in [0.2, 0.25) is 0 Å². The minimum absolute atomic E-state index is 0.474. The molecule has 0 N–H and O–H groups in total. The van der Waals surface area contributed by atoms with Gasteiger partial charge in [0, 0.05) is 11.1 Å². The molecular formula is C15H18O. The Labute approximate surface area is 97.8 Å². The van der Waals surface area contributed by atoms with E-state index in [1.165, 1.54) is 5.56 Å². The maximum Gasteiger partial charge on any atom is 0.133 e. The van der Waals surface area contributed by atoms with E-state index in [4.69, 9.17) is 4.74 Å². The number of hydrogen-bond acceptors (Lipinski definition) is 1. The maximum atomic E-state index is 5.38. The van der Waals surface area contributed by atoms with Crippen LogP contribution in [0.3, 0.4) is 0 Å². The molecule has 0 saturated heterocycles. The smallest absolute Gasteiger partial charge is 0.133 e. The Bertz CT molecular complexity index is 435. The summed E-state index contributed by atoms with van der Waals surface area (Å²) in [5, 5.41) is 0. The second kappa shape index (κ2) is 5.39. The molecule has 1 nitrogen and oxygen atoms in total. The van der Waals surface area contributed by atoms with E-state index in [0.717, 1.165) is 16.9 Å². The largest absolute Gasteiger partial charge is 0.495 e. The lowest BCUT2D eigenvalue weighted by molar-refractivity contribution is 0.412. The van der Waals surface area contributed by atoms with Gasteiger partial charge in [0.15, 0.2) is 0 Å². The summed E-state index contributed by atoms with van der Waals surface area (Å²) in [6.45, 7) is 11.7. The summed E-state index contributed by atoms with van der Waals surface area (Å²) in [6.07, 6.45) is 3.64. The summed E-state index contributed by atoms with van der Waals surface area (Å²) in [4.78, 5) is 0. The summed E-state index contributed by atoms with van der Waals surface area (Å²) in [7, 11) is 1.66. The molecular weight excluding hydrogens is 196 g/mol. The van der Waals surface area contributed by atoms with Crippen molar-refractivity contribution < 1.29 is 4.74 Å². The van der Waals surface area contributed by atoms with Gasteiger partial charge in [0.05, 0.1) is 7.11 Å². The van der Waals surface area contributed by atoms with Gasteiger partial charge in [-0.15, -0.1) is 5.73 Å². The summed E-state index contributed by atoms with van der Waals surface area (Å²) >= 11 is 0. The molecule has 16 heavy (non-hydrogen) atoms. The third-order valence-corrected chi connectivity index (χ3v) is 2.52. The Balaban J connectivity index is 3.48.